The number of hydroxylamine groups is 1. The van der Waals surface area contributed by atoms with Crippen LogP contribution in [0.3, 0.4) is 0 Å². The predicted molar refractivity (Wildman–Crippen MR) is 126 cm³/mol. The van der Waals surface area contributed by atoms with E-state index in [0.29, 0.717) is 5.69 Å². The molecule has 3 aromatic carbocycles. The van der Waals surface area contributed by atoms with Crippen LogP contribution in [0.2, 0.25) is 5.02 Å². The summed E-state index contributed by atoms with van der Waals surface area (Å²) in [6.45, 7) is 3.69. The van der Waals surface area contributed by atoms with Crippen molar-refractivity contribution >= 4 is 40.5 Å². The maximum Gasteiger partial charge on any atom is 0.271 e. The molecule has 3 aromatic rings. The van der Waals surface area contributed by atoms with Crippen LogP contribution in [0.5, 0.6) is 0 Å². The van der Waals surface area contributed by atoms with E-state index < -0.39 is 40.6 Å². The fraction of sp³-hybridized carbons (Fsp3) is 0.200. The lowest BCUT2D eigenvalue weighted by atomic mass is 9.90. The van der Waals surface area contributed by atoms with Gasteiger partial charge in [0.2, 0.25) is 5.91 Å². The molecule has 0 saturated carbocycles. The third kappa shape index (κ3) is 3.64. The van der Waals surface area contributed by atoms with Crippen LogP contribution in [-0.4, -0.2) is 22.8 Å². The van der Waals surface area contributed by atoms with E-state index in [4.69, 9.17) is 16.4 Å². The number of carbonyl (C=O) groups is 2. The van der Waals surface area contributed by atoms with Crippen molar-refractivity contribution in [3.63, 3.8) is 0 Å². The molecule has 0 radical (unpaired) electrons. The van der Waals surface area contributed by atoms with Crippen LogP contribution in [-0.2, 0) is 14.4 Å². The Balaban J connectivity index is 1.65. The number of nitrogens with zero attached hydrogens (tertiary/aromatic N) is 3. The number of amides is 2. The first kappa shape index (κ1) is 22.9. The second-order valence-corrected chi connectivity index (χ2v) is 8.94. The lowest BCUT2D eigenvalue weighted by Gasteiger charge is -2.29. The van der Waals surface area contributed by atoms with Gasteiger partial charge in [0, 0.05) is 22.7 Å². The van der Waals surface area contributed by atoms with Crippen molar-refractivity contribution in [3.05, 3.63) is 98.3 Å². The molecule has 35 heavy (non-hydrogen) atoms. The number of rotatable bonds is 4. The highest BCUT2D eigenvalue weighted by molar-refractivity contribution is 6.31. The van der Waals surface area contributed by atoms with Gasteiger partial charge in [-0.3, -0.25) is 24.5 Å². The highest BCUT2D eigenvalue weighted by atomic mass is 35.5. The van der Waals surface area contributed by atoms with Crippen molar-refractivity contribution in [1.82, 2.24) is 0 Å². The SMILES string of the molecule is Cc1ccc(N2C(=O)[C@H]3[C@@H](ON(c4cccc([N+](=O)[O-])c4)[C@H]3c3c(F)cccc3Cl)C2=O)c(C)c1. The average molecular weight is 496 g/mol. The Morgan fingerprint density at radius 3 is 2.46 bits per heavy atom. The molecule has 2 heterocycles. The van der Waals surface area contributed by atoms with E-state index >= 15 is 4.39 Å². The quantitative estimate of drug-likeness (QED) is 0.285. The zero-order valence-electron chi connectivity index (χ0n) is 18.6. The highest BCUT2D eigenvalue weighted by Gasteiger charge is 2.61. The number of benzene rings is 3. The average Bonchev–Trinajstić information content (AvgIpc) is 3.30. The van der Waals surface area contributed by atoms with Crippen LogP contribution >= 0.6 is 11.6 Å². The normalized spacial score (nSPS) is 21.5. The molecule has 3 atom stereocenters. The largest absolute Gasteiger partial charge is 0.273 e. The molecule has 5 rings (SSSR count). The summed E-state index contributed by atoms with van der Waals surface area (Å²) in [4.78, 5) is 44.9. The summed E-state index contributed by atoms with van der Waals surface area (Å²) in [7, 11) is 0. The number of nitro groups is 1. The number of aryl methyl sites for hydroxylation is 2. The summed E-state index contributed by atoms with van der Waals surface area (Å²) in [6, 6.07) is 13.8. The molecule has 8 nitrogen and oxygen atoms in total. The topological polar surface area (TPSA) is 93.0 Å². The van der Waals surface area contributed by atoms with Crippen molar-refractivity contribution < 1.29 is 23.7 Å². The maximum atomic E-state index is 15.1. The van der Waals surface area contributed by atoms with Gasteiger partial charge in [0.15, 0.2) is 6.10 Å². The van der Waals surface area contributed by atoms with Crippen molar-refractivity contribution in [2.75, 3.05) is 9.96 Å². The minimum Gasteiger partial charge on any atom is -0.273 e. The van der Waals surface area contributed by atoms with Gasteiger partial charge >= 0.3 is 0 Å². The zero-order chi connectivity index (χ0) is 25.0. The van der Waals surface area contributed by atoms with Gasteiger partial charge in [-0.05, 0) is 43.7 Å². The summed E-state index contributed by atoms with van der Waals surface area (Å²) in [5.74, 6) is -2.98. The molecular formula is C25H19ClFN3O5. The van der Waals surface area contributed by atoms with E-state index in [1.807, 2.05) is 13.0 Å². The van der Waals surface area contributed by atoms with Gasteiger partial charge in [-0.2, -0.15) is 0 Å². The molecule has 2 saturated heterocycles. The number of anilines is 2. The molecule has 178 valence electrons. The highest BCUT2D eigenvalue weighted by Crippen LogP contribution is 2.50. The minimum atomic E-state index is -1.26. The van der Waals surface area contributed by atoms with Crippen molar-refractivity contribution in [1.29, 1.82) is 0 Å². The van der Waals surface area contributed by atoms with Crippen LogP contribution in [0.1, 0.15) is 22.7 Å². The number of carbonyl (C=O) groups excluding carboxylic acids is 2. The van der Waals surface area contributed by atoms with Crippen LogP contribution in [0.15, 0.2) is 60.7 Å². The van der Waals surface area contributed by atoms with E-state index in [0.717, 1.165) is 16.0 Å². The summed E-state index contributed by atoms with van der Waals surface area (Å²) >= 11 is 6.37. The Labute approximate surface area is 204 Å². The standard InChI is InChI=1S/C25H19ClFN3O5/c1-13-9-10-19(14(2)11-13)28-24(31)21-22(20-17(26)7-4-8-18(20)27)29(35-23(21)25(28)32)15-5-3-6-16(12-15)30(33)34/h3-12,21-23H,1-2H3/t21-,22+,23-/m1/s1. The number of hydrogen-bond acceptors (Lipinski definition) is 6. The molecule has 0 bridgehead atoms. The Hall–Kier alpha value is -3.82. The molecule has 0 aromatic heterocycles. The lowest BCUT2D eigenvalue weighted by molar-refractivity contribution is -0.384. The van der Waals surface area contributed by atoms with Crippen LogP contribution < -0.4 is 9.96 Å². The second kappa shape index (κ2) is 8.44. The molecule has 2 fully saturated rings. The first-order chi connectivity index (χ1) is 16.7. The lowest BCUT2D eigenvalue weighted by Crippen LogP contribution is -2.38. The summed E-state index contributed by atoms with van der Waals surface area (Å²) < 4.78 is 15.1. The summed E-state index contributed by atoms with van der Waals surface area (Å²) in [5, 5.41) is 12.6. The van der Waals surface area contributed by atoms with E-state index in [1.54, 1.807) is 19.1 Å². The predicted octanol–water partition coefficient (Wildman–Crippen LogP) is 5.06. The van der Waals surface area contributed by atoms with Crippen LogP contribution in [0, 0.1) is 35.7 Å². The van der Waals surface area contributed by atoms with E-state index in [-0.39, 0.29) is 22.0 Å². The molecule has 0 unspecified atom stereocenters. The summed E-state index contributed by atoms with van der Waals surface area (Å²) in [5.41, 5.74) is 2.05. The van der Waals surface area contributed by atoms with Gasteiger partial charge in [0.05, 0.1) is 16.3 Å². The van der Waals surface area contributed by atoms with Gasteiger partial charge in [-0.25, -0.2) is 14.4 Å². The number of hydrogen-bond donors (Lipinski definition) is 0. The Morgan fingerprint density at radius 2 is 1.77 bits per heavy atom. The van der Waals surface area contributed by atoms with Crippen molar-refractivity contribution in [2.45, 2.75) is 26.0 Å². The van der Waals surface area contributed by atoms with Gasteiger partial charge in [0.25, 0.3) is 11.6 Å². The zero-order valence-corrected chi connectivity index (χ0v) is 19.4. The number of nitro benzene ring substituents is 1. The van der Waals surface area contributed by atoms with Crippen LogP contribution in [0.25, 0.3) is 0 Å². The molecule has 0 N–H and O–H groups in total. The van der Waals surface area contributed by atoms with Gasteiger partial charge in [-0.1, -0.05) is 41.4 Å². The van der Waals surface area contributed by atoms with Crippen molar-refractivity contribution in [3.8, 4) is 0 Å². The first-order valence-corrected chi connectivity index (χ1v) is 11.2. The minimum absolute atomic E-state index is 0.0307. The second-order valence-electron chi connectivity index (χ2n) is 8.54. The van der Waals surface area contributed by atoms with Gasteiger partial charge < -0.3 is 0 Å². The molecule has 0 aliphatic carbocycles. The molecule has 2 amide bonds. The number of fused-ring (bicyclic) bond motifs is 1. The summed E-state index contributed by atoms with van der Waals surface area (Å²) in [6.07, 6.45) is -1.26. The Morgan fingerprint density at radius 1 is 1.03 bits per heavy atom. The van der Waals surface area contributed by atoms with Crippen molar-refractivity contribution in [2.24, 2.45) is 5.92 Å². The fourth-order valence-corrected chi connectivity index (χ4v) is 5.04. The monoisotopic (exact) mass is 495 g/mol. The smallest absolute Gasteiger partial charge is 0.271 e. The van der Waals surface area contributed by atoms with E-state index in [2.05, 4.69) is 0 Å². The molecule has 2 aliphatic rings. The fourth-order valence-electron chi connectivity index (χ4n) is 4.76. The van der Waals surface area contributed by atoms with Gasteiger partial charge in [-0.15, -0.1) is 0 Å². The third-order valence-electron chi connectivity index (χ3n) is 6.30. The maximum absolute atomic E-state index is 15.1. The number of imide groups is 1. The molecular weight excluding hydrogens is 477 g/mol. The number of non-ortho nitro benzene ring substituents is 1. The first-order valence-electron chi connectivity index (χ1n) is 10.8. The van der Waals surface area contributed by atoms with E-state index in [9.17, 15) is 19.7 Å². The third-order valence-corrected chi connectivity index (χ3v) is 6.63. The molecule has 2 aliphatic heterocycles. The Bertz CT molecular complexity index is 1380. The van der Waals surface area contributed by atoms with Gasteiger partial charge in [0.1, 0.15) is 17.8 Å². The van der Waals surface area contributed by atoms with Crippen LogP contribution in [0.4, 0.5) is 21.5 Å². The number of halogens is 2. The molecule has 10 heteroatoms. The molecule has 0 spiro atoms. The van der Waals surface area contributed by atoms with E-state index in [1.165, 1.54) is 47.5 Å². The Kier molecular flexibility index (Phi) is 5.53.